The molecule has 10 nitrogen and oxygen atoms in total. The first-order chi connectivity index (χ1) is 23.7. The van der Waals surface area contributed by atoms with Gasteiger partial charge in [-0.3, -0.25) is 14.4 Å². The largest absolute Gasteiger partial charge is 0.350 e. The summed E-state index contributed by atoms with van der Waals surface area (Å²) in [5.74, 6) is 0.391. The summed E-state index contributed by atoms with van der Waals surface area (Å²) >= 11 is 6.43. The lowest BCUT2D eigenvalue weighted by atomic mass is 9.97. The molecule has 3 aromatic carbocycles. The van der Waals surface area contributed by atoms with Crippen molar-refractivity contribution >= 4 is 40.2 Å². The van der Waals surface area contributed by atoms with Crippen LogP contribution >= 0.6 is 11.6 Å². The van der Waals surface area contributed by atoms with Gasteiger partial charge in [0.1, 0.15) is 23.4 Å². The Labute approximate surface area is 291 Å². The maximum Gasteiger partial charge on any atom is 0.271 e. The van der Waals surface area contributed by atoms with Crippen LogP contribution in [0.25, 0.3) is 22.0 Å². The molecule has 1 aliphatic heterocycles. The van der Waals surface area contributed by atoms with Gasteiger partial charge in [0.25, 0.3) is 5.91 Å². The summed E-state index contributed by atoms with van der Waals surface area (Å²) in [4.78, 5) is 51.6. The maximum absolute atomic E-state index is 14.6. The number of H-pyrrole nitrogens is 1. The fourth-order valence-corrected chi connectivity index (χ4v) is 6.68. The van der Waals surface area contributed by atoms with Crippen molar-refractivity contribution in [1.29, 1.82) is 0 Å². The number of halogens is 1. The van der Waals surface area contributed by atoms with Gasteiger partial charge in [-0.2, -0.15) is 5.10 Å². The Balaban J connectivity index is 1.39. The second-order valence-electron chi connectivity index (χ2n) is 12.7. The number of carbonyl (C=O) groups excluding carboxylic acids is 3. The van der Waals surface area contributed by atoms with Crippen LogP contribution < -0.4 is 10.6 Å². The molecule has 0 spiro atoms. The highest BCUT2D eigenvalue weighted by atomic mass is 35.5. The van der Waals surface area contributed by atoms with Crippen LogP contribution in [0.3, 0.4) is 0 Å². The van der Waals surface area contributed by atoms with Gasteiger partial charge < -0.3 is 20.5 Å². The molecule has 0 saturated carbocycles. The average molecular weight is 680 g/mol. The monoisotopic (exact) mass is 679 g/mol. The van der Waals surface area contributed by atoms with Crippen molar-refractivity contribution in [2.24, 2.45) is 5.92 Å². The molecule has 3 heterocycles. The molecule has 49 heavy (non-hydrogen) atoms. The molecule has 3 N–H and O–H groups in total. The Hall–Kier alpha value is -4.96. The third-order valence-electron chi connectivity index (χ3n) is 9.27. The maximum atomic E-state index is 14.6. The van der Waals surface area contributed by atoms with Gasteiger partial charge in [0, 0.05) is 41.0 Å². The number of nitrogens with one attached hydrogen (secondary N) is 3. The van der Waals surface area contributed by atoms with Gasteiger partial charge in [-0.05, 0) is 55.0 Å². The van der Waals surface area contributed by atoms with Gasteiger partial charge in [-0.15, -0.1) is 0 Å². The normalized spacial score (nSPS) is 18.3. The zero-order valence-corrected chi connectivity index (χ0v) is 28.8. The molecule has 3 atom stereocenters. The highest BCUT2D eigenvalue weighted by Crippen LogP contribution is 2.35. The molecule has 0 radical (unpaired) electrons. The minimum atomic E-state index is -0.722. The van der Waals surface area contributed by atoms with E-state index >= 15 is 0 Å². The van der Waals surface area contributed by atoms with Crippen LogP contribution in [0.15, 0.2) is 78.9 Å². The lowest BCUT2D eigenvalue weighted by Crippen LogP contribution is -2.51. The Morgan fingerprint density at radius 2 is 1.71 bits per heavy atom. The summed E-state index contributed by atoms with van der Waals surface area (Å²) in [5, 5.41) is 12.4. The molecule has 6 rings (SSSR count). The number of hydrogen-bond acceptors (Lipinski definition) is 5. The van der Waals surface area contributed by atoms with Gasteiger partial charge in [0.2, 0.25) is 11.8 Å². The number of nitrogens with zero attached hydrogens (tertiary/aromatic N) is 4. The number of aryl methyl sites for hydroxylation is 1. The van der Waals surface area contributed by atoms with Crippen molar-refractivity contribution in [2.75, 3.05) is 13.1 Å². The minimum absolute atomic E-state index is 0.0983. The fourth-order valence-electron chi connectivity index (χ4n) is 6.51. The number of aromatic amines is 1. The van der Waals surface area contributed by atoms with Crippen molar-refractivity contribution in [1.82, 2.24) is 35.3 Å². The van der Waals surface area contributed by atoms with E-state index in [1.807, 2.05) is 93.6 Å². The average Bonchev–Trinajstić information content (AvgIpc) is 3.67. The number of aromatic nitrogens is 4. The second-order valence-corrected chi connectivity index (χ2v) is 13.2. The van der Waals surface area contributed by atoms with E-state index < -0.39 is 12.1 Å². The topological polar surface area (TPSA) is 125 Å². The lowest BCUT2D eigenvalue weighted by Gasteiger charge is -2.28. The number of rotatable bonds is 6. The second kappa shape index (κ2) is 15.1. The summed E-state index contributed by atoms with van der Waals surface area (Å²) in [6.07, 6.45) is 1.77. The molecular formula is C38H42ClN7O3. The summed E-state index contributed by atoms with van der Waals surface area (Å²) in [6.45, 7) is 6.77. The van der Waals surface area contributed by atoms with E-state index in [-0.39, 0.29) is 30.1 Å². The van der Waals surface area contributed by atoms with E-state index in [1.165, 1.54) is 0 Å². The highest BCUT2D eigenvalue weighted by molar-refractivity contribution is 6.31. The van der Waals surface area contributed by atoms with Crippen molar-refractivity contribution in [2.45, 2.75) is 65.1 Å². The molecule has 0 fully saturated rings. The SMILES string of the molecule is CC[C@H](C)[C@@H]1NC(=O)CCCN(C(=O)c2[nH]c3ccc(Cl)cc3c2-c2ccccc2)CCn2nc(C)nc2[C@H](Cc2ccccc2)NC1=O. The fraction of sp³-hybridized carbons (Fsp3) is 0.342. The first-order valence-corrected chi connectivity index (χ1v) is 17.3. The first kappa shape index (κ1) is 33.9. The van der Waals surface area contributed by atoms with Crippen LogP contribution in [0.1, 0.15) is 66.9 Å². The smallest absolute Gasteiger partial charge is 0.271 e. The number of hydrogen-bond donors (Lipinski definition) is 3. The van der Waals surface area contributed by atoms with Crippen LogP contribution in [-0.4, -0.2) is 61.5 Å². The van der Waals surface area contributed by atoms with E-state index in [4.69, 9.17) is 21.7 Å². The van der Waals surface area contributed by atoms with Crippen LogP contribution in [-0.2, 0) is 22.6 Å². The molecular weight excluding hydrogens is 638 g/mol. The molecule has 0 saturated heterocycles. The van der Waals surface area contributed by atoms with E-state index in [9.17, 15) is 14.4 Å². The van der Waals surface area contributed by atoms with Crippen LogP contribution in [0.5, 0.6) is 0 Å². The summed E-state index contributed by atoms with van der Waals surface area (Å²) in [6, 6.07) is 24.0. The Kier molecular flexibility index (Phi) is 10.4. The molecule has 0 bridgehead atoms. The summed E-state index contributed by atoms with van der Waals surface area (Å²) in [5.41, 5.74) is 3.95. The molecule has 5 aromatic rings. The first-order valence-electron chi connectivity index (χ1n) is 16.9. The molecule has 254 valence electrons. The molecule has 11 heteroatoms. The van der Waals surface area contributed by atoms with Gasteiger partial charge in [0.05, 0.1) is 12.6 Å². The zero-order chi connectivity index (χ0) is 34.5. The molecule has 0 unspecified atom stereocenters. The van der Waals surface area contributed by atoms with Crippen LogP contribution in [0.4, 0.5) is 0 Å². The Morgan fingerprint density at radius 3 is 2.45 bits per heavy atom. The minimum Gasteiger partial charge on any atom is -0.350 e. The predicted molar refractivity (Wildman–Crippen MR) is 191 cm³/mol. The van der Waals surface area contributed by atoms with Crippen molar-refractivity contribution in [3.63, 3.8) is 0 Å². The molecule has 2 aromatic heterocycles. The molecule has 3 amide bonds. The van der Waals surface area contributed by atoms with Gasteiger partial charge in [-0.25, -0.2) is 9.67 Å². The van der Waals surface area contributed by atoms with Crippen molar-refractivity contribution in [3.8, 4) is 11.1 Å². The van der Waals surface area contributed by atoms with Crippen molar-refractivity contribution in [3.05, 3.63) is 107 Å². The van der Waals surface area contributed by atoms with E-state index in [2.05, 4.69) is 15.6 Å². The Morgan fingerprint density at radius 1 is 0.980 bits per heavy atom. The predicted octanol–water partition coefficient (Wildman–Crippen LogP) is 6.26. The zero-order valence-electron chi connectivity index (χ0n) is 28.1. The third kappa shape index (κ3) is 7.70. The lowest BCUT2D eigenvalue weighted by molar-refractivity contribution is -0.130. The summed E-state index contributed by atoms with van der Waals surface area (Å²) in [7, 11) is 0. The van der Waals surface area contributed by atoms with Gasteiger partial charge >= 0.3 is 0 Å². The van der Waals surface area contributed by atoms with Gasteiger partial charge in [-0.1, -0.05) is 92.5 Å². The van der Waals surface area contributed by atoms with Gasteiger partial charge in [0.15, 0.2) is 0 Å². The quantitative estimate of drug-likeness (QED) is 0.196. The van der Waals surface area contributed by atoms with E-state index in [1.54, 1.807) is 15.6 Å². The molecule has 1 aliphatic rings. The number of fused-ring (bicyclic) bond motifs is 2. The Bertz CT molecular complexity index is 1940. The van der Waals surface area contributed by atoms with Crippen LogP contribution in [0, 0.1) is 12.8 Å². The van der Waals surface area contributed by atoms with Crippen LogP contribution in [0.2, 0.25) is 5.02 Å². The summed E-state index contributed by atoms with van der Waals surface area (Å²) < 4.78 is 1.80. The number of benzene rings is 3. The molecule has 0 aliphatic carbocycles. The standard InChI is InChI=1S/C38H42ClN7O3/c1-4-24(2)34-37(48)42-31(22-26-12-7-5-8-13-26)36-40-25(3)44-46(36)21-20-45(19-11-16-32(47)43-34)38(49)35-33(27-14-9-6-10-15-27)29-23-28(39)17-18-30(29)41-35/h5-10,12-15,17-18,23-24,31,34,41H,4,11,16,19-22H2,1-3H3,(H,42,48)(H,43,47)/t24-,31-,34-/m0/s1. The van der Waals surface area contributed by atoms with E-state index in [0.29, 0.717) is 61.3 Å². The number of amides is 3. The van der Waals surface area contributed by atoms with E-state index in [0.717, 1.165) is 27.6 Å². The van der Waals surface area contributed by atoms with Crippen molar-refractivity contribution < 1.29 is 14.4 Å². The third-order valence-corrected chi connectivity index (χ3v) is 9.50. The number of carbonyl (C=O) groups is 3. The highest BCUT2D eigenvalue weighted by Gasteiger charge is 2.31.